The highest BCUT2D eigenvalue weighted by Crippen LogP contribution is 2.45. The molecule has 15 nitrogen and oxygen atoms in total. The number of anilines is 1. The van der Waals surface area contributed by atoms with E-state index in [-0.39, 0.29) is 42.3 Å². The SMILES string of the molecule is CCC(CC)C(=O)Nc1ncnn2c([C@]3(C#N)O[C@H](COC(=O)CC4CCCC4)[C@@H](OC(=O)[C@@H](NC(=O)OC(C)(C)C)C(C)(C)C)[C@H]3O[Si](C)(C)C)ccc12. The lowest BCUT2D eigenvalue weighted by Crippen LogP contribution is -2.55. The van der Waals surface area contributed by atoms with E-state index in [9.17, 15) is 24.4 Å². The molecule has 55 heavy (non-hydrogen) atoms. The average molecular weight is 785 g/mol. The Morgan fingerprint density at radius 3 is 2.29 bits per heavy atom. The van der Waals surface area contributed by atoms with Crippen molar-refractivity contribution in [3.63, 3.8) is 0 Å². The average Bonchev–Trinajstić information content (AvgIpc) is 3.81. The van der Waals surface area contributed by atoms with Crippen LogP contribution >= 0.6 is 0 Å². The van der Waals surface area contributed by atoms with Crippen molar-refractivity contribution in [3.8, 4) is 6.07 Å². The van der Waals surface area contributed by atoms with Crippen LogP contribution in [0.1, 0.15) is 106 Å². The molecule has 0 unspecified atom stereocenters. The fourth-order valence-corrected chi connectivity index (χ4v) is 8.14. The van der Waals surface area contributed by atoms with Crippen LogP contribution in [0.3, 0.4) is 0 Å². The van der Waals surface area contributed by atoms with Gasteiger partial charge >= 0.3 is 18.0 Å². The smallest absolute Gasteiger partial charge is 0.408 e. The third-order valence-electron chi connectivity index (χ3n) is 9.83. The van der Waals surface area contributed by atoms with E-state index in [4.69, 9.17) is 23.4 Å². The van der Waals surface area contributed by atoms with Crippen molar-refractivity contribution in [1.82, 2.24) is 19.9 Å². The number of ether oxygens (including phenoxy) is 4. The first kappa shape index (κ1) is 43.7. The second-order valence-corrected chi connectivity index (χ2v) is 22.1. The molecule has 2 fully saturated rings. The van der Waals surface area contributed by atoms with Crippen LogP contribution < -0.4 is 10.6 Å². The van der Waals surface area contributed by atoms with Gasteiger partial charge in [-0.25, -0.2) is 19.1 Å². The van der Waals surface area contributed by atoms with Crippen LogP contribution in [0.2, 0.25) is 19.6 Å². The van der Waals surface area contributed by atoms with Gasteiger partial charge in [0.15, 0.2) is 20.2 Å². The second kappa shape index (κ2) is 17.4. The number of amides is 2. The fraction of sp³-hybridized carbons (Fsp3) is 0.718. The van der Waals surface area contributed by atoms with Crippen molar-refractivity contribution >= 4 is 43.6 Å². The van der Waals surface area contributed by atoms with Crippen molar-refractivity contribution < 1.29 is 42.6 Å². The number of esters is 2. The van der Waals surface area contributed by atoms with Gasteiger partial charge < -0.3 is 34.0 Å². The number of hydrogen-bond donors (Lipinski definition) is 2. The summed E-state index contributed by atoms with van der Waals surface area (Å²) in [6.45, 7) is 19.8. The van der Waals surface area contributed by atoms with E-state index in [0.717, 1.165) is 25.7 Å². The minimum atomic E-state index is -2.59. The Hall–Kier alpha value is -4.07. The molecule has 0 spiro atoms. The standard InChI is InChI=1S/C39H60N6O9Si/c1-12-25(13-2)34(47)44-33-26-18-19-28(45(26)42-23-41-33)39(22-40)32(54-55(9,10)11)30(27(52-39)21-50-29(46)20-24-16-14-15-17-24)51-35(48)31(37(3,4)5)43-36(49)53-38(6,7)8/h18-19,23-25,27,30-32H,12-17,20-21H2,1-11H3,(H,43,49)(H,41,42,44,47)/t27-,30-,31-,32-,39+/m1/s1. The number of fused-ring (bicyclic) bond motifs is 1. The zero-order valence-electron chi connectivity index (χ0n) is 34.3. The van der Waals surface area contributed by atoms with Crippen molar-refractivity contribution in [1.29, 1.82) is 5.26 Å². The molecule has 2 aromatic heterocycles. The lowest BCUT2D eigenvalue weighted by atomic mass is 9.86. The van der Waals surface area contributed by atoms with Crippen molar-refractivity contribution in [2.45, 2.75) is 156 Å². The molecule has 3 heterocycles. The van der Waals surface area contributed by atoms with Crippen molar-refractivity contribution in [2.24, 2.45) is 17.3 Å². The highest BCUT2D eigenvalue weighted by Gasteiger charge is 2.62. The number of nitrogens with one attached hydrogen (secondary N) is 2. The quantitative estimate of drug-likeness (QED) is 0.122. The molecular formula is C39H60N6O9Si. The van der Waals surface area contributed by atoms with Crippen LogP contribution in [0.15, 0.2) is 18.5 Å². The highest BCUT2D eigenvalue weighted by molar-refractivity contribution is 6.69. The molecule has 1 saturated heterocycles. The van der Waals surface area contributed by atoms with E-state index in [2.05, 4.69) is 26.8 Å². The number of alkyl carbamates (subject to hydrolysis) is 1. The van der Waals surface area contributed by atoms with Crippen LogP contribution in [-0.4, -0.2) is 83.4 Å². The Morgan fingerprint density at radius 2 is 1.73 bits per heavy atom. The number of hydrogen-bond acceptors (Lipinski definition) is 12. The molecule has 16 heteroatoms. The van der Waals surface area contributed by atoms with Gasteiger partial charge in [0.25, 0.3) is 0 Å². The Labute approximate surface area is 325 Å². The first-order chi connectivity index (χ1) is 25.6. The van der Waals surface area contributed by atoms with Gasteiger partial charge in [0, 0.05) is 12.3 Å². The third-order valence-corrected chi connectivity index (χ3v) is 10.8. The molecule has 2 aromatic rings. The molecule has 5 atom stereocenters. The van der Waals surface area contributed by atoms with Crippen LogP contribution in [0, 0.1) is 28.6 Å². The lowest BCUT2D eigenvalue weighted by Gasteiger charge is -2.35. The van der Waals surface area contributed by atoms with Gasteiger partial charge in [-0.3, -0.25) is 9.59 Å². The minimum Gasteiger partial charge on any atom is -0.463 e. The molecular weight excluding hydrogens is 725 g/mol. The molecule has 1 aliphatic carbocycles. The van der Waals surface area contributed by atoms with Gasteiger partial charge in [-0.2, -0.15) is 10.4 Å². The molecule has 1 saturated carbocycles. The van der Waals surface area contributed by atoms with Crippen LogP contribution in [0.25, 0.3) is 5.52 Å². The van der Waals surface area contributed by atoms with Crippen molar-refractivity contribution in [3.05, 3.63) is 24.2 Å². The minimum absolute atomic E-state index is 0.194. The summed E-state index contributed by atoms with van der Waals surface area (Å²) in [6.07, 6.45) is 2.31. The zero-order chi connectivity index (χ0) is 40.9. The Bertz CT molecular complexity index is 1730. The van der Waals surface area contributed by atoms with Crippen LogP contribution in [-0.2, 0) is 43.4 Å². The maximum absolute atomic E-state index is 14.3. The number of nitriles is 1. The van der Waals surface area contributed by atoms with E-state index >= 15 is 0 Å². The summed E-state index contributed by atoms with van der Waals surface area (Å²) < 4.78 is 32.4. The monoisotopic (exact) mass is 784 g/mol. The second-order valence-electron chi connectivity index (χ2n) is 17.7. The highest BCUT2D eigenvalue weighted by atomic mass is 28.4. The van der Waals surface area contributed by atoms with Gasteiger partial charge in [-0.1, -0.05) is 47.5 Å². The molecule has 2 N–H and O–H groups in total. The number of carbonyl (C=O) groups excluding carboxylic acids is 4. The van der Waals surface area contributed by atoms with Gasteiger partial charge in [0.2, 0.25) is 11.5 Å². The number of aromatic nitrogens is 3. The van der Waals surface area contributed by atoms with Gasteiger partial charge in [-0.15, -0.1) is 0 Å². The molecule has 0 radical (unpaired) electrons. The normalized spacial score (nSPS) is 22.6. The number of rotatable bonds is 14. The fourth-order valence-electron chi connectivity index (χ4n) is 7.08. The number of nitrogens with zero attached hydrogens (tertiary/aromatic N) is 4. The summed E-state index contributed by atoms with van der Waals surface area (Å²) in [7, 11) is -2.59. The van der Waals surface area contributed by atoms with Gasteiger partial charge in [0.05, 0.1) is 5.69 Å². The molecule has 2 amide bonds. The van der Waals surface area contributed by atoms with E-state index in [1.807, 2.05) is 33.5 Å². The summed E-state index contributed by atoms with van der Waals surface area (Å²) in [5.74, 6) is -1.19. The summed E-state index contributed by atoms with van der Waals surface area (Å²) in [5, 5.41) is 21.2. The molecule has 2 aliphatic rings. The Kier molecular flexibility index (Phi) is 13.8. The molecule has 4 rings (SSSR count). The molecule has 304 valence electrons. The predicted molar refractivity (Wildman–Crippen MR) is 206 cm³/mol. The predicted octanol–water partition coefficient (Wildman–Crippen LogP) is 6.42. The number of carbonyl (C=O) groups is 4. The van der Waals surface area contributed by atoms with E-state index < -0.39 is 67.3 Å². The van der Waals surface area contributed by atoms with Crippen molar-refractivity contribution in [2.75, 3.05) is 11.9 Å². The molecule has 0 aromatic carbocycles. The molecule has 0 bridgehead atoms. The maximum atomic E-state index is 14.3. The van der Waals surface area contributed by atoms with Crippen LogP contribution in [0.5, 0.6) is 0 Å². The third kappa shape index (κ3) is 10.8. The summed E-state index contributed by atoms with van der Waals surface area (Å²) >= 11 is 0. The maximum Gasteiger partial charge on any atom is 0.408 e. The topological polar surface area (TPSA) is 192 Å². The summed E-state index contributed by atoms with van der Waals surface area (Å²) in [5.41, 5.74) is -3.00. The van der Waals surface area contributed by atoms with E-state index in [0.29, 0.717) is 18.4 Å². The lowest BCUT2D eigenvalue weighted by molar-refractivity contribution is -0.164. The largest absolute Gasteiger partial charge is 0.463 e. The Morgan fingerprint density at radius 1 is 1.07 bits per heavy atom. The van der Waals surface area contributed by atoms with E-state index in [1.54, 1.807) is 53.7 Å². The zero-order valence-corrected chi connectivity index (χ0v) is 35.3. The summed E-state index contributed by atoms with van der Waals surface area (Å²) in [6, 6.07) is 4.43. The first-order valence-corrected chi connectivity index (χ1v) is 22.8. The first-order valence-electron chi connectivity index (χ1n) is 19.4. The molecule has 1 aliphatic heterocycles. The Balaban J connectivity index is 1.80. The van der Waals surface area contributed by atoms with Gasteiger partial charge in [-0.05, 0) is 89.6 Å². The summed E-state index contributed by atoms with van der Waals surface area (Å²) in [4.78, 5) is 57.8. The van der Waals surface area contributed by atoms with E-state index in [1.165, 1.54) is 10.8 Å². The van der Waals surface area contributed by atoms with Gasteiger partial charge in [0.1, 0.15) is 48.4 Å². The van der Waals surface area contributed by atoms with Crippen LogP contribution in [0.4, 0.5) is 10.6 Å².